The van der Waals surface area contributed by atoms with Gasteiger partial charge in [-0.15, -0.1) is 0 Å². The number of fused-ring (bicyclic) bond motifs is 1. The zero-order chi connectivity index (χ0) is 23.2. The van der Waals surface area contributed by atoms with Crippen LogP contribution in [0.1, 0.15) is 21.5 Å². The van der Waals surface area contributed by atoms with Crippen LogP contribution in [0.15, 0.2) is 88.4 Å². The van der Waals surface area contributed by atoms with E-state index < -0.39 is 0 Å². The van der Waals surface area contributed by atoms with Gasteiger partial charge >= 0.3 is 0 Å². The molecule has 0 aliphatic rings. The SMILES string of the molecule is COc1cc2ccccc2cc1C(=O)N/N=C\c1ccc(OCc2ccccc2Cl)c(Br)c1. The Morgan fingerprint density at radius 2 is 1.73 bits per heavy atom. The molecule has 1 amide bonds. The van der Waals surface area contributed by atoms with Gasteiger partial charge in [0.15, 0.2) is 0 Å². The first-order valence-electron chi connectivity index (χ1n) is 10.1. The van der Waals surface area contributed by atoms with Crippen molar-refractivity contribution in [3.8, 4) is 11.5 Å². The van der Waals surface area contributed by atoms with Gasteiger partial charge in [-0.05, 0) is 68.7 Å². The number of carbonyl (C=O) groups excluding carboxylic acids is 1. The summed E-state index contributed by atoms with van der Waals surface area (Å²) in [6.45, 7) is 0.357. The molecule has 0 unspecified atom stereocenters. The van der Waals surface area contributed by atoms with Gasteiger partial charge in [0, 0.05) is 10.6 Å². The van der Waals surface area contributed by atoms with E-state index in [0.29, 0.717) is 28.7 Å². The molecule has 4 aromatic rings. The highest BCUT2D eigenvalue weighted by molar-refractivity contribution is 9.10. The molecule has 0 atom stereocenters. The average Bonchev–Trinajstić information content (AvgIpc) is 2.83. The molecule has 4 aromatic carbocycles. The highest BCUT2D eigenvalue weighted by Gasteiger charge is 2.13. The molecule has 0 saturated heterocycles. The van der Waals surface area contributed by atoms with Gasteiger partial charge < -0.3 is 9.47 Å². The lowest BCUT2D eigenvalue weighted by Gasteiger charge is -2.10. The minimum Gasteiger partial charge on any atom is -0.496 e. The zero-order valence-electron chi connectivity index (χ0n) is 17.7. The number of hydrogen-bond acceptors (Lipinski definition) is 4. The van der Waals surface area contributed by atoms with E-state index in [4.69, 9.17) is 21.1 Å². The molecule has 0 saturated carbocycles. The Bertz CT molecular complexity index is 1340. The van der Waals surface area contributed by atoms with Crippen LogP contribution in [0.3, 0.4) is 0 Å². The predicted molar refractivity (Wildman–Crippen MR) is 135 cm³/mol. The molecule has 0 aromatic heterocycles. The van der Waals surface area contributed by atoms with Crippen LogP contribution in [-0.4, -0.2) is 19.2 Å². The van der Waals surface area contributed by atoms with Crippen LogP contribution < -0.4 is 14.9 Å². The predicted octanol–water partition coefficient (Wildman–Crippen LogP) is 6.61. The summed E-state index contributed by atoms with van der Waals surface area (Å²) in [4.78, 5) is 12.7. The van der Waals surface area contributed by atoms with Crippen LogP contribution in [0, 0.1) is 0 Å². The van der Waals surface area contributed by atoms with Crippen molar-refractivity contribution in [3.05, 3.63) is 105 Å². The number of ether oxygens (including phenoxy) is 2. The first-order chi connectivity index (χ1) is 16.0. The van der Waals surface area contributed by atoms with Crippen LogP contribution in [0.2, 0.25) is 5.02 Å². The van der Waals surface area contributed by atoms with Gasteiger partial charge in [0.05, 0.1) is 23.4 Å². The second-order valence-electron chi connectivity index (χ2n) is 7.17. The first kappa shape index (κ1) is 22.8. The zero-order valence-corrected chi connectivity index (χ0v) is 20.1. The van der Waals surface area contributed by atoms with Gasteiger partial charge in [-0.3, -0.25) is 4.79 Å². The molecule has 4 rings (SSSR count). The Kier molecular flexibility index (Phi) is 7.27. The Labute approximate surface area is 205 Å². The van der Waals surface area contributed by atoms with Crippen molar-refractivity contribution < 1.29 is 14.3 Å². The van der Waals surface area contributed by atoms with Crippen LogP contribution in [-0.2, 0) is 6.61 Å². The smallest absolute Gasteiger partial charge is 0.275 e. The fraction of sp³-hybridized carbons (Fsp3) is 0.0769. The monoisotopic (exact) mass is 522 g/mol. The molecule has 0 aliphatic heterocycles. The third-order valence-electron chi connectivity index (χ3n) is 4.99. The summed E-state index contributed by atoms with van der Waals surface area (Å²) < 4.78 is 12.0. The third kappa shape index (κ3) is 5.53. The molecule has 0 aliphatic carbocycles. The number of nitrogens with zero attached hydrogens (tertiary/aromatic N) is 1. The maximum atomic E-state index is 12.7. The van der Waals surface area contributed by atoms with Gasteiger partial charge in [-0.25, -0.2) is 5.43 Å². The number of benzene rings is 4. The lowest BCUT2D eigenvalue weighted by molar-refractivity contribution is 0.0952. The molecule has 166 valence electrons. The van der Waals surface area contributed by atoms with Crippen molar-refractivity contribution in [2.45, 2.75) is 6.61 Å². The molecular formula is C26H20BrClN2O3. The molecule has 7 heteroatoms. The summed E-state index contributed by atoms with van der Waals surface area (Å²) >= 11 is 9.69. The normalized spacial score (nSPS) is 11.0. The molecule has 0 radical (unpaired) electrons. The molecule has 0 bridgehead atoms. The Hall–Kier alpha value is -3.35. The topological polar surface area (TPSA) is 59.9 Å². The summed E-state index contributed by atoms with van der Waals surface area (Å²) in [6.07, 6.45) is 1.56. The number of hydrogen-bond donors (Lipinski definition) is 1. The summed E-state index contributed by atoms with van der Waals surface area (Å²) in [6, 6.07) is 24.5. The van der Waals surface area contributed by atoms with E-state index in [1.54, 1.807) is 12.3 Å². The number of halogens is 2. The van der Waals surface area contributed by atoms with Crippen LogP contribution in [0.5, 0.6) is 11.5 Å². The van der Waals surface area contributed by atoms with Gasteiger partial charge in [0.25, 0.3) is 5.91 Å². The summed E-state index contributed by atoms with van der Waals surface area (Å²) in [7, 11) is 1.54. The van der Waals surface area contributed by atoms with Crippen molar-refractivity contribution in [2.75, 3.05) is 7.11 Å². The fourth-order valence-electron chi connectivity index (χ4n) is 3.28. The summed E-state index contributed by atoms with van der Waals surface area (Å²) in [5.41, 5.74) is 4.67. The van der Waals surface area contributed by atoms with Crippen molar-refractivity contribution in [1.82, 2.24) is 5.43 Å². The lowest BCUT2D eigenvalue weighted by atomic mass is 10.1. The molecule has 5 nitrogen and oxygen atoms in total. The molecule has 0 spiro atoms. The fourth-order valence-corrected chi connectivity index (χ4v) is 3.98. The van der Waals surface area contributed by atoms with Gasteiger partial charge in [0.2, 0.25) is 0 Å². The lowest BCUT2D eigenvalue weighted by Crippen LogP contribution is -2.18. The van der Waals surface area contributed by atoms with Crippen LogP contribution >= 0.6 is 27.5 Å². The summed E-state index contributed by atoms with van der Waals surface area (Å²) in [5.74, 6) is 0.814. The number of rotatable bonds is 7. The van der Waals surface area contributed by atoms with Crippen molar-refractivity contribution in [1.29, 1.82) is 0 Å². The van der Waals surface area contributed by atoms with E-state index in [1.165, 1.54) is 7.11 Å². The molecule has 1 N–H and O–H groups in total. The number of nitrogens with one attached hydrogen (secondary N) is 1. The van der Waals surface area contributed by atoms with E-state index >= 15 is 0 Å². The van der Waals surface area contributed by atoms with E-state index in [2.05, 4.69) is 26.5 Å². The maximum Gasteiger partial charge on any atom is 0.275 e. The Morgan fingerprint density at radius 1 is 1.00 bits per heavy atom. The molecule has 0 heterocycles. The second-order valence-corrected chi connectivity index (χ2v) is 8.43. The van der Waals surface area contributed by atoms with Crippen LogP contribution in [0.4, 0.5) is 0 Å². The number of carbonyl (C=O) groups is 1. The van der Waals surface area contributed by atoms with E-state index in [9.17, 15) is 4.79 Å². The maximum absolute atomic E-state index is 12.7. The minimum absolute atomic E-state index is 0.354. The van der Waals surface area contributed by atoms with E-state index in [0.717, 1.165) is 26.4 Å². The number of hydrazone groups is 1. The Balaban J connectivity index is 1.42. The van der Waals surface area contributed by atoms with Gasteiger partial charge in [0.1, 0.15) is 18.1 Å². The number of amides is 1. The third-order valence-corrected chi connectivity index (χ3v) is 5.98. The van der Waals surface area contributed by atoms with Crippen LogP contribution in [0.25, 0.3) is 10.8 Å². The standard InChI is InChI=1S/C26H20BrClN2O3/c1-32-25-14-19-7-3-2-6-18(19)13-21(25)26(31)30-29-15-17-10-11-24(22(27)12-17)33-16-20-8-4-5-9-23(20)28/h2-15H,16H2,1H3,(H,30,31)/b29-15-. The Morgan fingerprint density at radius 3 is 2.45 bits per heavy atom. The highest BCUT2D eigenvalue weighted by Crippen LogP contribution is 2.28. The largest absolute Gasteiger partial charge is 0.496 e. The van der Waals surface area contributed by atoms with Crippen molar-refractivity contribution >= 4 is 50.4 Å². The minimum atomic E-state index is -0.354. The summed E-state index contributed by atoms with van der Waals surface area (Å²) in [5, 5.41) is 6.70. The average molecular weight is 524 g/mol. The van der Waals surface area contributed by atoms with Crippen molar-refractivity contribution in [3.63, 3.8) is 0 Å². The molecule has 0 fully saturated rings. The quantitative estimate of drug-likeness (QED) is 0.219. The van der Waals surface area contributed by atoms with Gasteiger partial charge in [-0.2, -0.15) is 5.10 Å². The van der Waals surface area contributed by atoms with Gasteiger partial charge in [-0.1, -0.05) is 54.1 Å². The van der Waals surface area contributed by atoms with E-state index in [1.807, 2.05) is 72.8 Å². The second kappa shape index (κ2) is 10.5. The molecule has 33 heavy (non-hydrogen) atoms. The molecular weight excluding hydrogens is 504 g/mol. The highest BCUT2D eigenvalue weighted by atomic mass is 79.9. The first-order valence-corrected chi connectivity index (χ1v) is 11.3. The van der Waals surface area contributed by atoms with Crippen molar-refractivity contribution in [2.24, 2.45) is 5.10 Å². The van der Waals surface area contributed by atoms with E-state index in [-0.39, 0.29) is 5.91 Å². The number of methoxy groups -OCH3 is 1.